The van der Waals surface area contributed by atoms with E-state index in [4.69, 9.17) is 4.74 Å². The van der Waals surface area contributed by atoms with Crippen molar-refractivity contribution in [3.05, 3.63) is 41.6 Å². The predicted molar refractivity (Wildman–Crippen MR) is 80.6 cm³/mol. The number of benzene rings is 1. The van der Waals surface area contributed by atoms with E-state index in [1.807, 2.05) is 37.3 Å². The van der Waals surface area contributed by atoms with Gasteiger partial charge in [-0.15, -0.1) is 0 Å². The number of ether oxygens (including phenoxy) is 1. The Hall–Kier alpha value is -2.30. The summed E-state index contributed by atoms with van der Waals surface area (Å²) in [5.74, 6) is 1.51. The topological polar surface area (TPSA) is 67.0 Å². The molecule has 3 rings (SSSR count). The number of aromatic nitrogens is 2. The lowest BCUT2D eigenvalue weighted by molar-refractivity contribution is -0.117. The number of nitrogens with one attached hydrogen (secondary N) is 2. The van der Waals surface area contributed by atoms with Crippen molar-refractivity contribution >= 4 is 11.7 Å². The summed E-state index contributed by atoms with van der Waals surface area (Å²) >= 11 is 0. The van der Waals surface area contributed by atoms with Gasteiger partial charge in [0.05, 0.1) is 13.0 Å². The molecule has 2 N–H and O–H groups in total. The normalized spacial score (nSPS) is 15.5. The molecule has 21 heavy (non-hydrogen) atoms. The third kappa shape index (κ3) is 2.91. The van der Waals surface area contributed by atoms with E-state index in [9.17, 15) is 4.79 Å². The van der Waals surface area contributed by atoms with Crippen LogP contribution in [0.15, 0.2) is 30.3 Å². The Morgan fingerprint density at radius 2 is 2.19 bits per heavy atom. The highest BCUT2D eigenvalue weighted by Gasteiger charge is 2.26. The minimum absolute atomic E-state index is 0.0895. The lowest BCUT2D eigenvalue weighted by Gasteiger charge is -2.14. The van der Waals surface area contributed by atoms with E-state index in [1.165, 1.54) is 12.8 Å². The van der Waals surface area contributed by atoms with Crippen molar-refractivity contribution in [2.45, 2.75) is 31.6 Å². The standard InChI is InChI=1S/C16H19N3O2/c1-10(12-5-3-4-6-14(12)21-2)16(20)17-15-9-13(18-19-15)11-7-8-11/h3-6,9-11H,7-8H2,1-2H3,(H2,17,18,19,20). The number of hydrogen-bond acceptors (Lipinski definition) is 3. The number of rotatable bonds is 5. The Kier molecular flexibility index (Phi) is 3.64. The summed E-state index contributed by atoms with van der Waals surface area (Å²) < 4.78 is 5.31. The summed E-state index contributed by atoms with van der Waals surface area (Å²) in [6, 6.07) is 9.48. The average Bonchev–Trinajstić information content (AvgIpc) is 3.26. The van der Waals surface area contributed by atoms with Crippen LogP contribution >= 0.6 is 0 Å². The SMILES string of the molecule is COc1ccccc1C(C)C(=O)Nc1cc(C2CC2)[nH]n1. The molecule has 1 aliphatic rings. The molecule has 5 nitrogen and oxygen atoms in total. The number of H-pyrrole nitrogens is 1. The van der Waals surface area contributed by atoms with Crippen LogP contribution in [0.5, 0.6) is 5.75 Å². The number of carbonyl (C=O) groups excluding carboxylic acids is 1. The van der Waals surface area contributed by atoms with Gasteiger partial charge in [-0.05, 0) is 25.8 Å². The Morgan fingerprint density at radius 1 is 1.43 bits per heavy atom. The fraction of sp³-hybridized carbons (Fsp3) is 0.375. The predicted octanol–water partition coefficient (Wildman–Crippen LogP) is 3.04. The molecule has 0 saturated heterocycles. The van der Waals surface area contributed by atoms with E-state index in [2.05, 4.69) is 15.5 Å². The monoisotopic (exact) mass is 285 g/mol. The Bertz CT molecular complexity index is 646. The Morgan fingerprint density at radius 3 is 2.90 bits per heavy atom. The molecular formula is C16H19N3O2. The first-order valence-electron chi connectivity index (χ1n) is 7.18. The molecule has 1 amide bonds. The molecule has 110 valence electrons. The van der Waals surface area contributed by atoms with E-state index < -0.39 is 0 Å². The second-order valence-electron chi connectivity index (χ2n) is 5.44. The average molecular weight is 285 g/mol. The quantitative estimate of drug-likeness (QED) is 0.887. The second-order valence-corrected chi connectivity index (χ2v) is 5.44. The van der Waals surface area contributed by atoms with E-state index in [0.29, 0.717) is 11.7 Å². The van der Waals surface area contributed by atoms with E-state index >= 15 is 0 Å². The van der Waals surface area contributed by atoms with Crippen LogP contribution < -0.4 is 10.1 Å². The van der Waals surface area contributed by atoms with Crippen LogP contribution in [0.25, 0.3) is 0 Å². The molecule has 0 radical (unpaired) electrons. The third-order valence-corrected chi connectivity index (χ3v) is 3.86. The van der Waals surface area contributed by atoms with Crippen LogP contribution in [-0.4, -0.2) is 23.2 Å². The molecule has 1 unspecified atom stereocenters. The van der Waals surface area contributed by atoms with Crippen LogP contribution in [0.3, 0.4) is 0 Å². The molecule has 1 heterocycles. The van der Waals surface area contributed by atoms with Gasteiger partial charge >= 0.3 is 0 Å². The first kappa shape index (κ1) is 13.7. The highest BCUT2D eigenvalue weighted by molar-refractivity contribution is 5.95. The van der Waals surface area contributed by atoms with Crippen molar-refractivity contribution in [1.82, 2.24) is 10.2 Å². The maximum absolute atomic E-state index is 12.4. The zero-order chi connectivity index (χ0) is 14.8. The molecule has 5 heteroatoms. The van der Waals surface area contributed by atoms with Gasteiger partial charge in [0.25, 0.3) is 0 Å². The van der Waals surface area contributed by atoms with Crippen LogP contribution in [0, 0.1) is 0 Å². The molecule has 0 spiro atoms. The molecule has 1 atom stereocenters. The van der Waals surface area contributed by atoms with E-state index in [-0.39, 0.29) is 11.8 Å². The first-order valence-corrected chi connectivity index (χ1v) is 7.18. The minimum atomic E-state index is -0.303. The zero-order valence-electron chi connectivity index (χ0n) is 12.2. The van der Waals surface area contributed by atoms with Crippen molar-refractivity contribution in [1.29, 1.82) is 0 Å². The highest BCUT2D eigenvalue weighted by Crippen LogP contribution is 2.39. The number of nitrogens with zero attached hydrogens (tertiary/aromatic N) is 1. The highest BCUT2D eigenvalue weighted by atomic mass is 16.5. The van der Waals surface area contributed by atoms with Gasteiger partial charge in [0, 0.05) is 23.2 Å². The van der Waals surface area contributed by atoms with Gasteiger partial charge < -0.3 is 10.1 Å². The van der Waals surface area contributed by atoms with Gasteiger partial charge in [0.2, 0.25) is 5.91 Å². The van der Waals surface area contributed by atoms with Crippen LogP contribution in [-0.2, 0) is 4.79 Å². The summed E-state index contributed by atoms with van der Waals surface area (Å²) in [6.45, 7) is 1.86. The molecule has 1 fully saturated rings. The fourth-order valence-corrected chi connectivity index (χ4v) is 2.40. The fourth-order valence-electron chi connectivity index (χ4n) is 2.40. The Balaban J connectivity index is 1.71. The molecular weight excluding hydrogens is 266 g/mol. The maximum Gasteiger partial charge on any atom is 0.232 e. The van der Waals surface area contributed by atoms with Crippen molar-refractivity contribution in [3.63, 3.8) is 0 Å². The summed E-state index contributed by atoms with van der Waals surface area (Å²) in [5.41, 5.74) is 1.98. The zero-order valence-corrected chi connectivity index (χ0v) is 12.2. The number of hydrogen-bond donors (Lipinski definition) is 2. The van der Waals surface area contributed by atoms with Crippen LogP contribution in [0.2, 0.25) is 0 Å². The molecule has 0 aliphatic heterocycles. The van der Waals surface area contributed by atoms with Gasteiger partial charge in [-0.25, -0.2) is 0 Å². The van der Waals surface area contributed by atoms with Crippen molar-refractivity contribution in [2.24, 2.45) is 0 Å². The lowest BCUT2D eigenvalue weighted by atomic mass is 9.99. The molecule has 1 aromatic carbocycles. The maximum atomic E-state index is 12.4. The largest absolute Gasteiger partial charge is 0.496 e. The molecule has 0 bridgehead atoms. The number of methoxy groups -OCH3 is 1. The van der Waals surface area contributed by atoms with Gasteiger partial charge in [-0.2, -0.15) is 5.10 Å². The molecule has 1 aliphatic carbocycles. The first-order chi connectivity index (χ1) is 10.2. The molecule has 1 aromatic heterocycles. The number of para-hydroxylation sites is 1. The summed E-state index contributed by atoms with van der Waals surface area (Å²) in [4.78, 5) is 12.4. The third-order valence-electron chi connectivity index (χ3n) is 3.86. The van der Waals surface area contributed by atoms with Gasteiger partial charge in [-0.1, -0.05) is 18.2 Å². The summed E-state index contributed by atoms with van der Waals surface area (Å²) in [6.07, 6.45) is 2.40. The number of anilines is 1. The van der Waals surface area contributed by atoms with Crippen molar-refractivity contribution in [3.8, 4) is 5.75 Å². The number of aromatic amines is 1. The van der Waals surface area contributed by atoms with E-state index in [1.54, 1.807) is 7.11 Å². The number of carbonyl (C=O) groups is 1. The second kappa shape index (κ2) is 5.60. The van der Waals surface area contributed by atoms with Crippen molar-refractivity contribution < 1.29 is 9.53 Å². The minimum Gasteiger partial charge on any atom is -0.496 e. The smallest absolute Gasteiger partial charge is 0.232 e. The van der Waals surface area contributed by atoms with E-state index in [0.717, 1.165) is 17.0 Å². The Labute approximate surface area is 123 Å². The molecule has 1 saturated carbocycles. The van der Waals surface area contributed by atoms with Crippen LogP contribution in [0.1, 0.15) is 42.9 Å². The van der Waals surface area contributed by atoms with Crippen molar-refractivity contribution in [2.75, 3.05) is 12.4 Å². The van der Waals surface area contributed by atoms with Crippen LogP contribution in [0.4, 0.5) is 5.82 Å². The summed E-state index contributed by atoms with van der Waals surface area (Å²) in [7, 11) is 1.61. The summed E-state index contributed by atoms with van der Waals surface area (Å²) in [5, 5.41) is 9.99. The van der Waals surface area contributed by atoms with Gasteiger partial charge in [0.15, 0.2) is 5.82 Å². The number of amides is 1. The molecule has 2 aromatic rings. The van der Waals surface area contributed by atoms with Gasteiger partial charge in [-0.3, -0.25) is 9.89 Å². The lowest BCUT2D eigenvalue weighted by Crippen LogP contribution is -2.19. The van der Waals surface area contributed by atoms with Gasteiger partial charge in [0.1, 0.15) is 5.75 Å².